The van der Waals surface area contributed by atoms with Gasteiger partial charge in [-0.15, -0.1) is 0 Å². The Morgan fingerprint density at radius 2 is 2.39 bits per heavy atom. The lowest BCUT2D eigenvalue weighted by atomic mass is 10.2. The number of anilines is 1. The fourth-order valence-corrected chi connectivity index (χ4v) is 1.56. The number of nitrogens with one attached hydrogen (secondary N) is 2. The molecule has 3 aromatic heterocycles. The van der Waals surface area contributed by atoms with Crippen LogP contribution in [0, 0.1) is 0 Å². The maximum absolute atomic E-state index is 11.7. The maximum atomic E-state index is 11.7. The number of H-pyrrole nitrogens is 1. The largest absolute Gasteiger partial charge is 0.311 e. The number of rotatable bonds is 3. The van der Waals surface area contributed by atoms with Gasteiger partial charge < -0.3 is 5.32 Å². The molecule has 3 rings (SSSR count). The van der Waals surface area contributed by atoms with Crippen LogP contribution in [0.3, 0.4) is 0 Å². The Morgan fingerprint density at radius 3 is 3.22 bits per heavy atom. The Kier molecular flexibility index (Phi) is 2.45. The van der Waals surface area contributed by atoms with Gasteiger partial charge in [-0.3, -0.25) is 9.89 Å². The molecule has 8 heteroatoms. The maximum Gasteiger partial charge on any atom is 0.252 e. The number of nitrogens with zero attached hydrogens (tertiary/aromatic N) is 5. The van der Waals surface area contributed by atoms with Crippen LogP contribution in [0.2, 0.25) is 0 Å². The van der Waals surface area contributed by atoms with E-state index in [1.165, 1.54) is 10.8 Å². The molecule has 0 fully saturated rings. The molecule has 2 N–H and O–H groups in total. The van der Waals surface area contributed by atoms with Crippen molar-refractivity contribution in [2.45, 2.75) is 6.42 Å². The third-order valence-electron chi connectivity index (χ3n) is 2.33. The summed E-state index contributed by atoms with van der Waals surface area (Å²) in [5.74, 6) is 0.919. The summed E-state index contributed by atoms with van der Waals surface area (Å²) in [6, 6.07) is 1.68. The number of hydrogen-bond donors (Lipinski definition) is 2. The highest BCUT2D eigenvalue weighted by Crippen LogP contribution is 2.03. The molecular weight excluding hydrogens is 234 g/mol. The predicted octanol–water partition coefficient (Wildman–Crippen LogP) is 0.0286. The molecule has 0 unspecified atom stereocenters. The first kappa shape index (κ1) is 10.4. The van der Waals surface area contributed by atoms with E-state index in [1.807, 2.05) is 0 Å². The van der Waals surface area contributed by atoms with E-state index in [9.17, 15) is 4.79 Å². The van der Waals surface area contributed by atoms with Gasteiger partial charge in [-0.05, 0) is 5.56 Å². The van der Waals surface area contributed by atoms with Gasteiger partial charge >= 0.3 is 0 Å². The molecule has 0 aromatic carbocycles. The summed E-state index contributed by atoms with van der Waals surface area (Å²) < 4.78 is 1.53. The van der Waals surface area contributed by atoms with Crippen LogP contribution in [0.15, 0.2) is 31.0 Å². The molecule has 3 heterocycles. The van der Waals surface area contributed by atoms with Gasteiger partial charge in [0.25, 0.3) is 5.78 Å². The minimum Gasteiger partial charge on any atom is -0.311 e. The van der Waals surface area contributed by atoms with Crippen LogP contribution in [0.25, 0.3) is 5.78 Å². The lowest BCUT2D eigenvalue weighted by Gasteiger charge is -2.02. The van der Waals surface area contributed by atoms with Crippen LogP contribution in [-0.4, -0.2) is 35.7 Å². The number of aromatic nitrogens is 6. The van der Waals surface area contributed by atoms with Crippen molar-refractivity contribution in [2.75, 3.05) is 5.32 Å². The second kappa shape index (κ2) is 4.24. The Labute approximate surface area is 101 Å². The van der Waals surface area contributed by atoms with Crippen LogP contribution in [0.1, 0.15) is 5.56 Å². The molecule has 0 radical (unpaired) electrons. The smallest absolute Gasteiger partial charge is 0.252 e. The molecule has 0 bridgehead atoms. The third-order valence-corrected chi connectivity index (χ3v) is 2.33. The van der Waals surface area contributed by atoms with Gasteiger partial charge in [-0.2, -0.15) is 15.2 Å². The fourth-order valence-electron chi connectivity index (χ4n) is 1.56. The van der Waals surface area contributed by atoms with Gasteiger partial charge in [0, 0.05) is 18.5 Å². The third kappa shape index (κ3) is 2.03. The monoisotopic (exact) mass is 243 g/mol. The Morgan fingerprint density at radius 1 is 1.44 bits per heavy atom. The normalized spacial score (nSPS) is 10.7. The Hall–Kier alpha value is -2.77. The van der Waals surface area contributed by atoms with Crippen molar-refractivity contribution in [3.63, 3.8) is 0 Å². The molecule has 8 nitrogen and oxygen atoms in total. The summed E-state index contributed by atoms with van der Waals surface area (Å²) in [6.45, 7) is 0. The number of carbonyl (C=O) groups excluding carboxylic acids is 1. The summed E-state index contributed by atoms with van der Waals surface area (Å²) in [5.41, 5.74) is 0.755. The summed E-state index contributed by atoms with van der Waals surface area (Å²) in [4.78, 5) is 19.7. The number of aromatic amines is 1. The van der Waals surface area contributed by atoms with E-state index in [1.54, 1.807) is 24.7 Å². The first-order chi connectivity index (χ1) is 8.81. The second-order valence-corrected chi connectivity index (χ2v) is 3.66. The standard InChI is InChI=1S/C10H9N7O/c18-9(15-8-1-2-13-16-8)3-7-4-11-10-12-6-14-17(10)5-7/h1-2,4-6H,3H2,(H2,13,15,16,18). The minimum atomic E-state index is -0.152. The summed E-state index contributed by atoms with van der Waals surface area (Å²) in [6.07, 6.45) is 6.52. The lowest BCUT2D eigenvalue weighted by Crippen LogP contribution is -2.15. The van der Waals surface area contributed by atoms with Crippen LogP contribution in [0.4, 0.5) is 5.82 Å². The van der Waals surface area contributed by atoms with Crippen molar-refractivity contribution in [1.82, 2.24) is 29.8 Å². The van der Waals surface area contributed by atoms with Gasteiger partial charge in [0.1, 0.15) is 12.1 Å². The zero-order valence-electron chi connectivity index (χ0n) is 9.24. The molecule has 0 atom stereocenters. The predicted molar refractivity (Wildman–Crippen MR) is 61.7 cm³/mol. The van der Waals surface area contributed by atoms with E-state index in [0.29, 0.717) is 11.6 Å². The number of amides is 1. The number of carbonyl (C=O) groups is 1. The summed E-state index contributed by atoms with van der Waals surface area (Å²) in [5, 5.41) is 13.0. The van der Waals surface area contributed by atoms with Crippen molar-refractivity contribution in [3.05, 3.63) is 36.5 Å². The number of hydrogen-bond acceptors (Lipinski definition) is 5. The second-order valence-electron chi connectivity index (χ2n) is 3.66. The van der Waals surface area contributed by atoms with Crippen molar-refractivity contribution in [2.24, 2.45) is 0 Å². The molecule has 0 saturated heterocycles. The summed E-state index contributed by atoms with van der Waals surface area (Å²) in [7, 11) is 0. The average molecular weight is 243 g/mol. The molecular formula is C10H9N7O. The van der Waals surface area contributed by atoms with Crippen LogP contribution in [-0.2, 0) is 11.2 Å². The van der Waals surface area contributed by atoms with Crippen molar-refractivity contribution in [3.8, 4) is 0 Å². The Bertz CT molecular complexity index is 672. The zero-order valence-corrected chi connectivity index (χ0v) is 9.24. The molecule has 0 saturated carbocycles. The molecule has 0 aliphatic rings. The highest BCUT2D eigenvalue weighted by Gasteiger charge is 2.06. The molecule has 18 heavy (non-hydrogen) atoms. The minimum absolute atomic E-state index is 0.152. The van der Waals surface area contributed by atoms with E-state index in [0.717, 1.165) is 5.56 Å². The van der Waals surface area contributed by atoms with E-state index >= 15 is 0 Å². The number of fused-ring (bicyclic) bond motifs is 1. The van der Waals surface area contributed by atoms with Gasteiger partial charge in [-0.1, -0.05) is 0 Å². The van der Waals surface area contributed by atoms with Crippen molar-refractivity contribution >= 4 is 17.5 Å². The molecule has 1 amide bonds. The van der Waals surface area contributed by atoms with Gasteiger partial charge in [0.05, 0.1) is 12.6 Å². The SMILES string of the molecule is O=C(Cc1cnc2ncnn2c1)Nc1ccn[nH]1. The van der Waals surface area contributed by atoms with E-state index in [2.05, 4.69) is 30.6 Å². The highest BCUT2D eigenvalue weighted by molar-refractivity contribution is 5.91. The first-order valence-corrected chi connectivity index (χ1v) is 5.25. The van der Waals surface area contributed by atoms with Gasteiger partial charge in [-0.25, -0.2) is 9.50 Å². The van der Waals surface area contributed by atoms with E-state index in [4.69, 9.17) is 0 Å². The quantitative estimate of drug-likeness (QED) is 0.675. The van der Waals surface area contributed by atoms with Crippen molar-refractivity contribution in [1.29, 1.82) is 0 Å². The molecule has 0 aliphatic heterocycles. The lowest BCUT2D eigenvalue weighted by molar-refractivity contribution is -0.115. The molecule has 3 aromatic rings. The van der Waals surface area contributed by atoms with E-state index in [-0.39, 0.29) is 12.3 Å². The topological polar surface area (TPSA) is 101 Å². The fraction of sp³-hybridized carbons (Fsp3) is 0.100. The summed E-state index contributed by atoms with van der Waals surface area (Å²) >= 11 is 0. The van der Waals surface area contributed by atoms with Crippen LogP contribution in [0.5, 0.6) is 0 Å². The van der Waals surface area contributed by atoms with Crippen molar-refractivity contribution < 1.29 is 4.79 Å². The molecule has 90 valence electrons. The highest BCUT2D eigenvalue weighted by atomic mass is 16.1. The van der Waals surface area contributed by atoms with E-state index < -0.39 is 0 Å². The Balaban J connectivity index is 1.73. The first-order valence-electron chi connectivity index (χ1n) is 5.25. The van der Waals surface area contributed by atoms with Crippen LogP contribution >= 0.6 is 0 Å². The van der Waals surface area contributed by atoms with Crippen LogP contribution < -0.4 is 5.32 Å². The zero-order chi connectivity index (χ0) is 12.4. The van der Waals surface area contributed by atoms with Gasteiger partial charge in [0.15, 0.2) is 0 Å². The molecule has 0 aliphatic carbocycles. The van der Waals surface area contributed by atoms with Gasteiger partial charge in [0.2, 0.25) is 5.91 Å². The average Bonchev–Trinajstić information content (AvgIpc) is 2.98. The molecule has 0 spiro atoms.